The molecular formula is C29H46O6. The Bertz CT molecular complexity index is 851. The first-order chi connectivity index (χ1) is 16.7. The summed E-state index contributed by atoms with van der Waals surface area (Å²) >= 11 is 0. The standard InChI is InChI=1S/C29H46O6/c1-5-33-25(34-6-2)19-35-22-9-12-26(3)20(17-22)7-8-24-23(26)10-13-27(4)28(30,14-15-29(24,27)31)21-11-16-32-18-21/h11,16,18,20,22-25,30-31H,5-10,12-15,17,19H2,1-4H3/t20?,22?,23-,24-,26+,27-,28?,29-/m1/s1. The van der Waals surface area contributed by atoms with Crippen LogP contribution in [0.25, 0.3) is 0 Å². The molecule has 0 amide bonds. The van der Waals surface area contributed by atoms with Crippen molar-refractivity contribution in [3.8, 4) is 0 Å². The Hall–Kier alpha value is -0.920. The molecule has 4 saturated carbocycles. The van der Waals surface area contributed by atoms with Gasteiger partial charge in [0, 0.05) is 24.2 Å². The molecule has 4 aliphatic carbocycles. The summed E-state index contributed by atoms with van der Waals surface area (Å²) in [6, 6.07) is 1.88. The third kappa shape index (κ3) is 3.85. The molecule has 0 bridgehead atoms. The quantitative estimate of drug-likeness (QED) is 0.474. The van der Waals surface area contributed by atoms with Crippen molar-refractivity contribution >= 4 is 0 Å². The highest BCUT2D eigenvalue weighted by atomic mass is 16.7. The molecule has 6 heteroatoms. The summed E-state index contributed by atoms with van der Waals surface area (Å²) < 4.78 is 23.0. The van der Waals surface area contributed by atoms with Crippen molar-refractivity contribution in [2.45, 2.75) is 109 Å². The van der Waals surface area contributed by atoms with Crippen LogP contribution < -0.4 is 0 Å². The van der Waals surface area contributed by atoms with Crippen molar-refractivity contribution in [1.82, 2.24) is 0 Å². The van der Waals surface area contributed by atoms with Gasteiger partial charge in [0.2, 0.25) is 0 Å². The van der Waals surface area contributed by atoms with Gasteiger partial charge in [0.05, 0.1) is 30.8 Å². The Kier molecular flexibility index (Phi) is 6.93. The largest absolute Gasteiger partial charge is 0.472 e. The summed E-state index contributed by atoms with van der Waals surface area (Å²) in [5.74, 6) is 1.34. The van der Waals surface area contributed by atoms with Crippen LogP contribution >= 0.6 is 0 Å². The van der Waals surface area contributed by atoms with Gasteiger partial charge in [-0.1, -0.05) is 13.8 Å². The van der Waals surface area contributed by atoms with E-state index >= 15 is 0 Å². The molecule has 3 unspecified atom stereocenters. The van der Waals surface area contributed by atoms with Crippen molar-refractivity contribution in [3.63, 3.8) is 0 Å². The molecule has 2 N–H and O–H groups in total. The average molecular weight is 491 g/mol. The molecule has 0 radical (unpaired) electrons. The van der Waals surface area contributed by atoms with Gasteiger partial charge < -0.3 is 28.8 Å². The second kappa shape index (κ2) is 9.43. The van der Waals surface area contributed by atoms with Gasteiger partial charge in [0.25, 0.3) is 0 Å². The van der Waals surface area contributed by atoms with Gasteiger partial charge in [-0.2, -0.15) is 0 Å². The number of rotatable bonds is 8. The Morgan fingerprint density at radius 3 is 2.43 bits per heavy atom. The second-order valence-electron chi connectivity index (χ2n) is 12.2. The summed E-state index contributed by atoms with van der Waals surface area (Å²) in [4.78, 5) is 0. The molecule has 6 nitrogen and oxygen atoms in total. The predicted molar refractivity (Wildman–Crippen MR) is 133 cm³/mol. The zero-order valence-corrected chi connectivity index (χ0v) is 22.1. The fourth-order valence-corrected chi connectivity index (χ4v) is 9.05. The molecule has 5 rings (SSSR count). The fourth-order valence-electron chi connectivity index (χ4n) is 9.05. The maximum absolute atomic E-state index is 12.4. The first-order valence-electron chi connectivity index (χ1n) is 14.0. The first kappa shape index (κ1) is 25.7. The summed E-state index contributed by atoms with van der Waals surface area (Å²) in [5, 5.41) is 24.3. The van der Waals surface area contributed by atoms with Crippen LogP contribution in [0.5, 0.6) is 0 Å². The highest BCUT2D eigenvalue weighted by Gasteiger charge is 2.72. The van der Waals surface area contributed by atoms with Crippen LogP contribution in [-0.4, -0.2) is 48.0 Å². The molecule has 1 aromatic rings. The highest BCUT2D eigenvalue weighted by Crippen LogP contribution is 2.71. The topological polar surface area (TPSA) is 81.3 Å². The lowest BCUT2D eigenvalue weighted by atomic mass is 9.43. The Morgan fingerprint density at radius 1 is 0.971 bits per heavy atom. The molecule has 35 heavy (non-hydrogen) atoms. The van der Waals surface area contributed by atoms with E-state index in [0.717, 1.165) is 50.5 Å². The lowest BCUT2D eigenvalue weighted by molar-refractivity contribution is -0.241. The Morgan fingerprint density at radius 2 is 1.74 bits per heavy atom. The minimum Gasteiger partial charge on any atom is -0.472 e. The van der Waals surface area contributed by atoms with Gasteiger partial charge in [-0.3, -0.25) is 0 Å². The van der Waals surface area contributed by atoms with E-state index in [1.54, 1.807) is 12.5 Å². The van der Waals surface area contributed by atoms with Gasteiger partial charge in [0.1, 0.15) is 5.60 Å². The zero-order valence-electron chi connectivity index (χ0n) is 22.1. The zero-order chi connectivity index (χ0) is 24.9. The molecule has 4 aliphatic rings. The summed E-state index contributed by atoms with van der Waals surface area (Å²) in [7, 11) is 0. The van der Waals surface area contributed by atoms with Crippen LogP contribution in [0, 0.1) is 28.6 Å². The normalized spacial score (nSPS) is 45.2. The van der Waals surface area contributed by atoms with Crippen LogP contribution in [0.1, 0.15) is 91.0 Å². The summed E-state index contributed by atoms with van der Waals surface area (Å²) in [5.41, 5.74) is -1.38. The number of furan rings is 1. The van der Waals surface area contributed by atoms with E-state index in [1.165, 1.54) is 0 Å². The molecule has 1 aromatic heterocycles. The van der Waals surface area contributed by atoms with Gasteiger partial charge in [-0.15, -0.1) is 0 Å². The SMILES string of the molecule is CCOC(COC1CC[C@@]2(C)C(CC[C@@H]3[C@H]2CC[C@]2(C)C(O)(c4ccoc4)CC[C@@]32O)C1)OCC. The van der Waals surface area contributed by atoms with Crippen molar-refractivity contribution in [2.75, 3.05) is 19.8 Å². The van der Waals surface area contributed by atoms with Crippen LogP contribution in [0.3, 0.4) is 0 Å². The second-order valence-corrected chi connectivity index (χ2v) is 12.2. The Balaban J connectivity index is 1.30. The van der Waals surface area contributed by atoms with Crippen molar-refractivity contribution < 1.29 is 28.8 Å². The molecule has 1 heterocycles. The smallest absolute Gasteiger partial charge is 0.180 e. The summed E-state index contributed by atoms with van der Waals surface area (Å²) in [6.45, 7) is 10.3. The lowest BCUT2D eigenvalue weighted by Crippen LogP contribution is -2.64. The molecule has 0 spiro atoms. The Labute approximate surface area is 210 Å². The van der Waals surface area contributed by atoms with Gasteiger partial charge >= 0.3 is 0 Å². The van der Waals surface area contributed by atoms with E-state index in [9.17, 15) is 10.2 Å². The molecule has 0 aromatic carbocycles. The lowest BCUT2D eigenvalue weighted by Gasteiger charge is -2.64. The number of aliphatic hydroxyl groups is 2. The van der Waals surface area contributed by atoms with Gasteiger partial charge in [0.15, 0.2) is 6.29 Å². The van der Waals surface area contributed by atoms with Gasteiger partial charge in [-0.25, -0.2) is 0 Å². The monoisotopic (exact) mass is 490 g/mol. The van der Waals surface area contributed by atoms with Crippen molar-refractivity contribution in [1.29, 1.82) is 0 Å². The van der Waals surface area contributed by atoms with Gasteiger partial charge in [-0.05, 0) is 101 Å². The van der Waals surface area contributed by atoms with Crippen molar-refractivity contribution in [2.24, 2.45) is 28.6 Å². The molecule has 8 atom stereocenters. The van der Waals surface area contributed by atoms with Crippen LogP contribution in [0.4, 0.5) is 0 Å². The molecule has 198 valence electrons. The fraction of sp³-hybridized carbons (Fsp3) is 0.862. The molecule has 4 fully saturated rings. The number of ether oxygens (including phenoxy) is 3. The first-order valence-corrected chi connectivity index (χ1v) is 14.0. The van der Waals surface area contributed by atoms with E-state index < -0.39 is 16.6 Å². The predicted octanol–water partition coefficient (Wildman–Crippen LogP) is 5.41. The van der Waals surface area contributed by atoms with Crippen LogP contribution in [0.15, 0.2) is 23.0 Å². The van der Waals surface area contributed by atoms with Crippen LogP contribution in [-0.2, 0) is 19.8 Å². The van der Waals surface area contributed by atoms with E-state index in [2.05, 4.69) is 13.8 Å². The van der Waals surface area contributed by atoms with Crippen molar-refractivity contribution in [3.05, 3.63) is 24.2 Å². The maximum atomic E-state index is 12.4. The van der Waals surface area contributed by atoms with E-state index in [-0.39, 0.29) is 23.7 Å². The average Bonchev–Trinajstić information content (AvgIpc) is 3.45. The molecule has 0 saturated heterocycles. The van der Waals surface area contributed by atoms with E-state index in [0.29, 0.717) is 44.5 Å². The minimum atomic E-state index is -1.03. The number of fused-ring (bicyclic) bond motifs is 5. The number of hydrogen-bond donors (Lipinski definition) is 2. The molecular weight excluding hydrogens is 444 g/mol. The number of hydrogen-bond acceptors (Lipinski definition) is 6. The third-order valence-corrected chi connectivity index (χ3v) is 11.1. The third-order valence-electron chi connectivity index (χ3n) is 11.1. The van der Waals surface area contributed by atoms with E-state index in [1.807, 2.05) is 19.9 Å². The highest BCUT2D eigenvalue weighted by molar-refractivity contribution is 5.30. The van der Waals surface area contributed by atoms with Crippen LogP contribution in [0.2, 0.25) is 0 Å². The molecule has 0 aliphatic heterocycles. The minimum absolute atomic E-state index is 0.218. The summed E-state index contributed by atoms with van der Waals surface area (Å²) in [6.07, 6.45) is 11.9. The van der Waals surface area contributed by atoms with E-state index in [4.69, 9.17) is 18.6 Å². The maximum Gasteiger partial charge on any atom is 0.180 e.